The molecule has 0 unspecified atom stereocenters. The van der Waals surface area contributed by atoms with Gasteiger partial charge in [0.1, 0.15) is 0 Å². The molecule has 1 heterocycles. The highest BCUT2D eigenvalue weighted by atomic mass is 79.9. The van der Waals surface area contributed by atoms with E-state index in [0.29, 0.717) is 0 Å². The Morgan fingerprint density at radius 2 is 1.54 bits per heavy atom. The fourth-order valence-corrected chi connectivity index (χ4v) is 5.72. The van der Waals surface area contributed by atoms with E-state index in [1.807, 2.05) is 48.5 Å². The molecule has 1 saturated carbocycles. The maximum absolute atomic E-state index is 13.8. The van der Waals surface area contributed by atoms with Crippen molar-refractivity contribution in [2.24, 2.45) is 5.41 Å². The van der Waals surface area contributed by atoms with E-state index in [1.165, 1.54) is 0 Å². The molecule has 2 aliphatic carbocycles. The quantitative estimate of drug-likeness (QED) is 0.589. The monoisotopic (exact) mass is 435 g/mol. The van der Waals surface area contributed by atoms with Gasteiger partial charge in [-0.05, 0) is 58.5 Å². The van der Waals surface area contributed by atoms with Gasteiger partial charge in [0.15, 0.2) is 0 Å². The summed E-state index contributed by atoms with van der Waals surface area (Å²) in [6.45, 7) is 6.65. The molecular formula is C23H22BrN3O. The lowest BCUT2D eigenvalue weighted by molar-refractivity contribution is -0.125. The molecule has 0 spiro atoms. The molecule has 2 aliphatic rings. The highest BCUT2D eigenvalue weighted by Gasteiger charge is 2.73. The summed E-state index contributed by atoms with van der Waals surface area (Å²) in [7, 11) is 0. The number of rotatable bonds is 2. The van der Waals surface area contributed by atoms with E-state index in [9.17, 15) is 4.79 Å². The van der Waals surface area contributed by atoms with Crippen molar-refractivity contribution in [1.29, 1.82) is 0 Å². The molecule has 5 heteroatoms. The van der Waals surface area contributed by atoms with Gasteiger partial charge in [-0.2, -0.15) is 0 Å². The first-order chi connectivity index (χ1) is 13.3. The lowest BCUT2D eigenvalue weighted by atomic mass is 9.63. The van der Waals surface area contributed by atoms with Gasteiger partial charge in [0.25, 0.3) is 0 Å². The Bertz CT molecular complexity index is 1140. The average molecular weight is 436 g/mol. The normalized spacial score (nSPS) is 27.0. The summed E-state index contributed by atoms with van der Waals surface area (Å²) in [5, 5.41) is 3.18. The number of nitrogens with zero attached hydrogens (tertiary/aromatic N) is 2. The van der Waals surface area contributed by atoms with Crippen LogP contribution >= 0.6 is 15.9 Å². The fourth-order valence-electron chi connectivity index (χ4n) is 5.34. The Morgan fingerprint density at radius 3 is 2.21 bits per heavy atom. The van der Waals surface area contributed by atoms with Gasteiger partial charge < -0.3 is 5.32 Å². The maximum Gasteiger partial charge on any atom is 0.237 e. The Balaban J connectivity index is 1.72. The lowest BCUT2D eigenvalue weighted by Crippen LogP contribution is -2.48. The number of fused-ring (bicyclic) bond motifs is 6. The molecule has 4 nitrogen and oxygen atoms in total. The number of amides is 1. The minimum Gasteiger partial charge on any atom is -0.324 e. The number of carbonyl (C=O) groups excluding carboxylic acids is 1. The smallest absolute Gasteiger partial charge is 0.237 e. The van der Waals surface area contributed by atoms with Crippen molar-refractivity contribution in [2.75, 3.05) is 5.32 Å². The standard InChI is InChI=1S/C23H22BrN3O/c1-21(2)22(3)12-13-23(21,20(28)27-15-9-5-4-8-14(15)24)19-18(22)25-16-10-6-7-11-17(16)26-19/h4-11H,12-13H2,1-3H3,(H,27,28)/t22-,23-/m0/s1. The zero-order valence-electron chi connectivity index (χ0n) is 16.2. The van der Waals surface area contributed by atoms with Crippen LogP contribution in [0, 0.1) is 5.41 Å². The van der Waals surface area contributed by atoms with Crippen molar-refractivity contribution in [1.82, 2.24) is 9.97 Å². The number of hydrogen-bond acceptors (Lipinski definition) is 3. The molecule has 142 valence electrons. The van der Waals surface area contributed by atoms with Crippen LogP contribution in [0.25, 0.3) is 11.0 Å². The molecule has 0 saturated heterocycles. The first-order valence-electron chi connectivity index (χ1n) is 9.65. The molecule has 0 radical (unpaired) electrons. The maximum atomic E-state index is 13.8. The second-order valence-corrected chi connectivity index (χ2v) is 9.56. The van der Waals surface area contributed by atoms with Crippen LogP contribution in [0.2, 0.25) is 0 Å². The third-order valence-electron chi connectivity index (χ3n) is 7.45. The number of nitrogens with one attached hydrogen (secondary N) is 1. The Labute approximate surface area is 172 Å². The molecule has 2 atom stereocenters. The number of aromatic nitrogens is 2. The molecular weight excluding hydrogens is 414 g/mol. The second-order valence-electron chi connectivity index (χ2n) is 8.71. The summed E-state index contributed by atoms with van der Waals surface area (Å²) in [4.78, 5) is 23.8. The van der Waals surface area contributed by atoms with Crippen molar-refractivity contribution in [3.8, 4) is 0 Å². The Hall–Kier alpha value is -2.27. The second kappa shape index (κ2) is 5.63. The molecule has 1 aromatic heterocycles. The topological polar surface area (TPSA) is 54.9 Å². The van der Waals surface area contributed by atoms with Crippen LogP contribution in [0.5, 0.6) is 0 Å². The summed E-state index contributed by atoms with van der Waals surface area (Å²) in [5.74, 6) is 0.0106. The van der Waals surface area contributed by atoms with Crippen LogP contribution in [-0.4, -0.2) is 15.9 Å². The number of para-hydroxylation sites is 3. The van der Waals surface area contributed by atoms with E-state index < -0.39 is 5.41 Å². The minimum absolute atomic E-state index is 0.0106. The SMILES string of the molecule is CC1(C)[C@@]2(C)CC[C@@]1(C(=O)Nc1ccccc1Br)c1nc3ccccc3nc12. The predicted molar refractivity (Wildman–Crippen MR) is 114 cm³/mol. The van der Waals surface area contributed by atoms with Gasteiger partial charge in [-0.25, -0.2) is 9.97 Å². The van der Waals surface area contributed by atoms with Crippen LogP contribution in [0.1, 0.15) is 45.0 Å². The first kappa shape index (κ1) is 17.8. The third-order valence-corrected chi connectivity index (χ3v) is 8.15. The van der Waals surface area contributed by atoms with E-state index in [1.54, 1.807) is 0 Å². The number of hydrogen-bond donors (Lipinski definition) is 1. The van der Waals surface area contributed by atoms with Crippen molar-refractivity contribution in [3.05, 3.63) is 64.4 Å². The number of anilines is 1. The predicted octanol–water partition coefficient (Wildman–Crippen LogP) is 5.36. The third kappa shape index (κ3) is 1.98. The van der Waals surface area contributed by atoms with E-state index in [0.717, 1.165) is 45.4 Å². The first-order valence-corrected chi connectivity index (χ1v) is 10.4. The summed E-state index contributed by atoms with van der Waals surface area (Å²) >= 11 is 3.54. The molecule has 2 bridgehead atoms. The minimum atomic E-state index is -0.691. The van der Waals surface area contributed by atoms with Gasteiger partial charge in [0, 0.05) is 9.89 Å². The van der Waals surface area contributed by atoms with Gasteiger partial charge >= 0.3 is 0 Å². The number of halogens is 1. The van der Waals surface area contributed by atoms with Crippen molar-refractivity contribution in [3.63, 3.8) is 0 Å². The average Bonchev–Trinajstić information content (AvgIpc) is 2.98. The highest BCUT2D eigenvalue weighted by Crippen LogP contribution is 2.70. The fraction of sp³-hybridized carbons (Fsp3) is 0.348. The summed E-state index contributed by atoms with van der Waals surface area (Å²) in [6, 6.07) is 15.7. The van der Waals surface area contributed by atoms with Crippen LogP contribution in [0.15, 0.2) is 53.0 Å². The number of benzene rings is 2. The van der Waals surface area contributed by atoms with E-state index in [-0.39, 0.29) is 16.7 Å². The van der Waals surface area contributed by atoms with E-state index >= 15 is 0 Å². The summed E-state index contributed by atoms with van der Waals surface area (Å²) in [6.07, 6.45) is 1.72. The molecule has 2 aromatic carbocycles. The van der Waals surface area contributed by atoms with Crippen LogP contribution in [0.3, 0.4) is 0 Å². The zero-order valence-corrected chi connectivity index (χ0v) is 17.8. The van der Waals surface area contributed by atoms with Gasteiger partial charge in [-0.1, -0.05) is 45.0 Å². The van der Waals surface area contributed by atoms with Gasteiger partial charge in [-0.3, -0.25) is 4.79 Å². The summed E-state index contributed by atoms with van der Waals surface area (Å²) in [5.41, 5.74) is 3.22. The molecule has 1 N–H and O–H groups in total. The molecule has 0 aliphatic heterocycles. The number of carbonyl (C=O) groups is 1. The molecule has 1 fully saturated rings. The molecule has 28 heavy (non-hydrogen) atoms. The highest BCUT2D eigenvalue weighted by molar-refractivity contribution is 9.10. The Morgan fingerprint density at radius 1 is 0.929 bits per heavy atom. The molecule has 5 rings (SSSR count). The van der Waals surface area contributed by atoms with Crippen LogP contribution in [-0.2, 0) is 15.6 Å². The largest absolute Gasteiger partial charge is 0.324 e. The van der Waals surface area contributed by atoms with Crippen molar-refractivity contribution < 1.29 is 4.79 Å². The molecule has 3 aromatic rings. The van der Waals surface area contributed by atoms with E-state index in [4.69, 9.17) is 9.97 Å². The lowest BCUT2D eigenvalue weighted by Gasteiger charge is -2.39. The Kier molecular flexibility index (Phi) is 3.58. The molecule has 1 amide bonds. The zero-order chi connectivity index (χ0) is 19.7. The van der Waals surface area contributed by atoms with Crippen LogP contribution in [0.4, 0.5) is 5.69 Å². The van der Waals surface area contributed by atoms with Gasteiger partial charge in [-0.15, -0.1) is 0 Å². The van der Waals surface area contributed by atoms with Crippen molar-refractivity contribution in [2.45, 2.75) is 44.4 Å². The van der Waals surface area contributed by atoms with Crippen molar-refractivity contribution >= 4 is 38.6 Å². The summed E-state index contributed by atoms with van der Waals surface area (Å²) < 4.78 is 0.876. The van der Waals surface area contributed by atoms with E-state index in [2.05, 4.69) is 42.0 Å². The van der Waals surface area contributed by atoms with Crippen LogP contribution < -0.4 is 5.32 Å². The van der Waals surface area contributed by atoms with Gasteiger partial charge in [0.05, 0.1) is 33.5 Å². The van der Waals surface area contributed by atoms with Gasteiger partial charge in [0.2, 0.25) is 5.91 Å².